The number of para-hydroxylation sites is 1. The molecule has 0 atom stereocenters. The topological polar surface area (TPSA) is 59.0 Å². The lowest BCUT2D eigenvalue weighted by molar-refractivity contribution is 0.252. The van der Waals surface area contributed by atoms with Crippen molar-refractivity contribution in [2.24, 2.45) is 0 Å². The molecule has 2 amide bonds. The molecule has 0 unspecified atom stereocenters. The van der Waals surface area contributed by atoms with Gasteiger partial charge in [0.25, 0.3) is 0 Å². The summed E-state index contributed by atoms with van der Waals surface area (Å²) >= 11 is 0. The maximum absolute atomic E-state index is 12.5. The number of carbonyl (C=O) groups is 1. The van der Waals surface area contributed by atoms with Gasteiger partial charge < -0.3 is 15.2 Å². The van der Waals surface area contributed by atoms with E-state index in [0.29, 0.717) is 6.54 Å². The first-order valence-electron chi connectivity index (χ1n) is 8.83. The fourth-order valence-corrected chi connectivity index (χ4v) is 3.20. The van der Waals surface area contributed by atoms with Crippen molar-refractivity contribution in [3.05, 3.63) is 90.5 Å². The summed E-state index contributed by atoms with van der Waals surface area (Å²) in [6.07, 6.45) is 3.69. The average Bonchev–Trinajstić information content (AvgIpc) is 3.13. The van der Waals surface area contributed by atoms with Gasteiger partial charge in [-0.2, -0.15) is 0 Å². The number of imidazole rings is 1. The smallest absolute Gasteiger partial charge is 0.319 e. The number of fused-ring (bicyclic) bond motifs is 1. The number of urea groups is 1. The Morgan fingerprint density at radius 3 is 2.63 bits per heavy atom. The van der Waals surface area contributed by atoms with Crippen molar-refractivity contribution in [1.29, 1.82) is 0 Å². The third kappa shape index (κ3) is 3.53. The number of nitrogens with one attached hydrogen (secondary N) is 2. The van der Waals surface area contributed by atoms with Crippen molar-refractivity contribution < 1.29 is 4.79 Å². The van der Waals surface area contributed by atoms with Crippen molar-refractivity contribution in [3.8, 4) is 5.69 Å². The Kier molecular flexibility index (Phi) is 4.58. The Hall–Kier alpha value is -3.60. The molecule has 3 aromatic carbocycles. The highest BCUT2D eigenvalue weighted by Gasteiger charge is 2.09. The van der Waals surface area contributed by atoms with Crippen LogP contribution in [-0.2, 0) is 6.54 Å². The Morgan fingerprint density at radius 2 is 1.78 bits per heavy atom. The van der Waals surface area contributed by atoms with Crippen LogP contribution in [0.3, 0.4) is 0 Å². The third-order valence-electron chi connectivity index (χ3n) is 4.55. The first kappa shape index (κ1) is 16.8. The molecule has 0 spiro atoms. The Labute approximate surface area is 157 Å². The molecule has 0 fully saturated rings. The highest BCUT2D eigenvalue weighted by Crippen LogP contribution is 2.23. The molecular formula is C22H20N4O. The van der Waals surface area contributed by atoms with Crippen molar-refractivity contribution >= 4 is 22.5 Å². The van der Waals surface area contributed by atoms with E-state index in [9.17, 15) is 4.79 Å². The molecule has 0 radical (unpaired) electrons. The van der Waals surface area contributed by atoms with Gasteiger partial charge in [0.2, 0.25) is 0 Å². The molecule has 0 aliphatic carbocycles. The van der Waals surface area contributed by atoms with Gasteiger partial charge >= 0.3 is 6.03 Å². The minimum Gasteiger partial charge on any atom is -0.334 e. The van der Waals surface area contributed by atoms with Gasteiger partial charge in [0.05, 0.1) is 11.4 Å². The summed E-state index contributed by atoms with van der Waals surface area (Å²) in [5, 5.41) is 8.01. The van der Waals surface area contributed by atoms with Gasteiger partial charge in [-0.05, 0) is 30.0 Å². The van der Waals surface area contributed by atoms with Crippen LogP contribution in [0.1, 0.15) is 11.4 Å². The second-order valence-electron chi connectivity index (χ2n) is 6.31. The summed E-state index contributed by atoms with van der Waals surface area (Å²) in [5.74, 6) is 0.905. The molecule has 0 bridgehead atoms. The van der Waals surface area contributed by atoms with Gasteiger partial charge in [-0.1, -0.05) is 54.6 Å². The van der Waals surface area contributed by atoms with E-state index in [4.69, 9.17) is 0 Å². The zero-order valence-corrected chi connectivity index (χ0v) is 15.0. The molecule has 0 aliphatic heterocycles. The van der Waals surface area contributed by atoms with Crippen molar-refractivity contribution in [2.75, 3.05) is 5.32 Å². The fraction of sp³-hybridized carbons (Fsp3) is 0.0909. The van der Waals surface area contributed by atoms with E-state index < -0.39 is 0 Å². The van der Waals surface area contributed by atoms with Crippen molar-refractivity contribution in [3.63, 3.8) is 0 Å². The standard InChI is InChI=1S/C22H20N4O/c1-16-23-13-14-26(16)21-12-5-3-8-18(21)15-24-22(27)25-20-11-6-9-17-7-2-4-10-19(17)20/h2-14H,15H2,1H3,(H2,24,25,27). The van der Waals surface area contributed by atoms with Gasteiger partial charge in [-0.25, -0.2) is 9.78 Å². The molecule has 134 valence electrons. The van der Waals surface area contributed by atoms with Crippen LogP contribution in [0.5, 0.6) is 0 Å². The lowest BCUT2D eigenvalue weighted by Crippen LogP contribution is -2.28. The van der Waals surface area contributed by atoms with Crippen LogP contribution in [0, 0.1) is 6.92 Å². The minimum atomic E-state index is -0.233. The van der Waals surface area contributed by atoms with E-state index in [1.54, 1.807) is 6.20 Å². The van der Waals surface area contributed by atoms with E-state index in [2.05, 4.69) is 15.6 Å². The Balaban J connectivity index is 1.50. The molecule has 0 saturated carbocycles. The number of hydrogen-bond acceptors (Lipinski definition) is 2. The van der Waals surface area contributed by atoms with Crippen LogP contribution < -0.4 is 10.6 Å². The molecule has 1 heterocycles. The number of anilines is 1. The summed E-state index contributed by atoms with van der Waals surface area (Å²) < 4.78 is 2.01. The minimum absolute atomic E-state index is 0.233. The van der Waals surface area contributed by atoms with E-state index in [0.717, 1.165) is 33.5 Å². The SMILES string of the molecule is Cc1nccn1-c1ccccc1CNC(=O)Nc1cccc2ccccc12. The normalized spacial score (nSPS) is 10.7. The van der Waals surface area contributed by atoms with Gasteiger partial charge in [0.1, 0.15) is 5.82 Å². The fourth-order valence-electron chi connectivity index (χ4n) is 3.20. The number of rotatable bonds is 4. The number of benzene rings is 3. The zero-order valence-electron chi connectivity index (χ0n) is 15.0. The van der Waals surface area contributed by atoms with E-state index in [1.165, 1.54) is 0 Å². The van der Waals surface area contributed by atoms with Crippen molar-refractivity contribution in [1.82, 2.24) is 14.9 Å². The molecule has 27 heavy (non-hydrogen) atoms. The molecular weight excluding hydrogens is 336 g/mol. The largest absolute Gasteiger partial charge is 0.334 e. The van der Waals surface area contributed by atoms with Gasteiger partial charge in [-0.15, -0.1) is 0 Å². The van der Waals surface area contributed by atoms with Crippen molar-refractivity contribution in [2.45, 2.75) is 13.5 Å². The molecule has 5 heteroatoms. The molecule has 4 aromatic rings. The second kappa shape index (κ2) is 7.33. The Morgan fingerprint density at radius 1 is 1.00 bits per heavy atom. The highest BCUT2D eigenvalue weighted by atomic mass is 16.2. The van der Waals surface area contributed by atoms with Gasteiger partial charge in [0, 0.05) is 24.3 Å². The predicted octanol–water partition coefficient (Wildman–Crippen LogP) is 4.66. The first-order chi connectivity index (χ1) is 13.2. The van der Waals surface area contributed by atoms with Crippen LogP contribution in [0.4, 0.5) is 10.5 Å². The molecule has 1 aromatic heterocycles. The maximum atomic E-state index is 12.5. The summed E-state index contributed by atoms with van der Waals surface area (Å²) in [7, 11) is 0. The zero-order chi connectivity index (χ0) is 18.6. The summed E-state index contributed by atoms with van der Waals surface area (Å²) in [4.78, 5) is 16.7. The van der Waals surface area contributed by atoms with Crippen LogP contribution in [0.25, 0.3) is 16.5 Å². The Bertz CT molecular complexity index is 1090. The highest BCUT2D eigenvalue weighted by molar-refractivity contribution is 6.01. The van der Waals surface area contributed by atoms with Crippen LogP contribution in [0.15, 0.2) is 79.1 Å². The molecule has 0 aliphatic rings. The van der Waals surface area contributed by atoms with E-state index in [1.807, 2.05) is 84.4 Å². The quantitative estimate of drug-likeness (QED) is 0.559. The lowest BCUT2D eigenvalue weighted by atomic mass is 10.1. The molecule has 4 rings (SSSR count). The van der Waals surface area contributed by atoms with Gasteiger partial charge in [0.15, 0.2) is 0 Å². The molecule has 2 N–H and O–H groups in total. The van der Waals surface area contributed by atoms with Gasteiger partial charge in [-0.3, -0.25) is 0 Å². The number of nitrogens with zero attached hydrogens (tertiary/aromatic N) is 2. The number of hydrogen-bond donors (Lipinski definition) is 2. The first-order valence-corrected chi connectivity index (χ1v) is 8.83. The number of aromatic nitrogens is 2. The average molecular weight is 356 g/mol. The number of aryl methyl sites for hydroxylation is 1. The predicted molar refractivity (Wildman–Crippen MR) is 108 cm³/mol. The number of carbonyl (C=O) groups excluding carboxylic acids is 1. The lowest BCUT2D eigenvalue weighted by Gasteiger charge is -2.14. The monoisotopic (exact) mass is 356 g/mol. The number of amides is 2. The third-order valence-corrected chi connectivity index (χ3v) is 4.55. The van der Waals surface area contributed by atoms with E-state index >= 15 is 0 Å². The molecule has 0 saturated heterocycles. The second-order valence-corrected chi connectivity index (χ2v) is 6.31. The summed E-state index contributed by atoms with van der Waals surface area (Å²) in [6.45, 7) is 2.38. The van der Waals surface area contributed by atoms with Crippen LogP contribution in [-0.4, -0.2) is 15.6 Å². The maximum Gasteiger partial charge on any atom is 0.319 e. The molecule has 5 nitrogen and oxygen atoms in total. The summed E-state index contributed by atoms with van der Waals surface area (Å²) in [5.41, 5.74) is 2.83. The van der Waals surface area contributed by atoms with E-state index in [-0.39, 0.29) is 6.03 Å². The van der Waals surface area contributed by atoms with Crippen LogP contribution >= 0.6 is 0 Å². The summed E-state index contributed by atoms with van der Waals surface area (Å²) in [6, 6.07) is 21.6. The van der Waals surface area contributed by atoms with Crippen LogP contribution in [0.2, 0.25) is 0 Å².